The molecule has 0 radical (unpaired) electrons. The third-order valence-electron chi connectivity index (χ3n) is 3.27. The number of hydrogen-bond donors (Lipinski definition) is 0. The Morgan fingerprint density at radius 3 is 2.94 bits per heavy atom. The zero-order chi connectivity index (χ0) is 12.3. The molecule has 2 unspecified atom stereocenters. The van der Waals surface area contributed by atoms with Crippen LogP contribution in [0.4, 0.5) is 4.39 Å². The molecule has 1 heterocycles. The molecule has 0 bridgehead atoms. The van der Waals surface area contributed by atoms with Crippen molar-refractivity contribution < 1.29 is 13.9 Å². The van der Waals surface area contributed by atoms with Gasteiger partial charge in [0.05, 0.1) is 0 Å². The van der Waals surface area contributed by atoms with Gasteiger partial charge in [0, 0.05) is 6.20 Å². The lowest BCUT2D eigenvalue weighted by Crippen LogP contribution is -2.28. The monoisotopic (exact) mass is 237 g/mol. The first-order valence-corrected chi connectivity index (χ1v) is 6.00. The van der Waals surface area contributed by atoms with Crippen LogP contribution < -0.4 is 0 Å². The molecule has 2 rings (SSSR count). The minimum Gasteiger partial charge on any atom is -0.458 e. The molecule has 2 atom stereocenters. The van der Waals surface area contributed by atoms with Crippen molar-refractivity contribution in [3.8, 4) is 0 Å². The van der Waals surface area contributed by atoms with Crippen molar-refractivity contribution in [3.05, 3.63) is 29.8 Å². The zero-order valence-corrected chi connectivity index (χ0v) is 9.86. The van der Waals surface area contributed by atoms with Gasteiger partial charge in [0.1, 0.15) is 11.7 Å². The number of carbonyl (C=O) groups is 1. The molecule has 1 aliphatic rings. The molecule has 0 aromatic carbocycles. The van der Waals surface area contributed by atoms with Crippen LogP contribution in [0.25, 0.3) is 0 Å². The number of aromatic nitrogens is 1. The van der Waals surface area contributed by atoms with Gasteiger partial charge >= 0.3 is 5.97 Å². The molecule has 0 spiro atoms. The number of carbonyl (C=O) groups excluding carboxylic acids is 1. The zero-order valence-electron chi connectivity index (χ0n) is 9.86. The number of pyridine rings is 1. The first kappa shape index (κ1) is 12.0. The Bertz CT molecular complexity index is 408. The van der Waals surface area contributed by atoms with Gasteiger partial charge in [0.25, 0.3) is 0 Å². The van der Waals surface area contributed by atoms with Crippen LogP contribution in [-0.2, 0) is 4.74 Å². The van der Waals surface area contributed by atoms with Crippen molar-refractivity contribution in [2.24, 2.45) is 5.92 Å². The van der Waals surface area contributed by atoms with E-state index in [1.54, 1.807) is 0 Å². The van der Waals surface area contributed by atoms with E-state index >= 15 is 0 Å². The SMILES string of the molecule is CC1CCCCC1OC(=O)c1cccnc1F. The normalized spacial score (nSPS) is 24.4. The topological polar surface area (TPSA) is 39.2 Å². The van der Waals surface area contributed by atoms with Gasteiger partial charge in [-0.1, -0.05) is 13.3 Å². The van der Waals surface area contributed by atoms with E-state index in [1.807, 2.05) is 0 Å². The Kier molecular flexibility index (Phi) is 3.71. The second kappa shape index (κ2) is 5.25. The van der Waals surface area contributed by atoms with Gasteiger partial charge in [-0.2, -0.15) is 4.39 Å². The predicted octanol–water partition coefficient (Wildman–Crippen LogP) is 2.96. The summed E-state index contributed by atoms with van der Waals surface area (Å²) in [6.07, 6.45) is 5.40. The summed E-state index contributed by atoms with van der Waals surface area (Å²) in [5.41, 5.74) is -0.0785. The van der Waals surface area contributed by atoms with Gasteiger partial charge in [-0.05, 0) is 37.3 Å². The fraction of sp³-hybridized carbons (Fsp3) is 0.538. The number of ether oxygens (including phenoxy) is 1. The van der Waals surface area contributed by atoms with Crippen molar-refractivity contribution in [2.75, 3.05) is 0 Å². The maximum Gasteiger partial charge on any atom is 0.343 e. The van der Waals surface area contributed by atoms with Crippen LogP contribution >= 0.6 is 0 Å². The molecule has 1 aliphatic carbocycles. The summed E-state index contributed by atoms with van der Waals surface area (Å²) in [5.74, 6) is -1.01. The number of esters is 1. The number of halogens is 1. The summed E-state index contributed by atoms with van der Waals surface area (Å²) in [6.45, 7) is 2.07. The van der Waals surface area contributed by atoms with Crippen molar-refractivity contribution in [1.82, 2.24) is 4.98 Å². The van der Waals surface area contributed by atoms with Gasteiger partial charge in [-0.15, -0.1) is 0 Å². The summed E-state index contributed by atoms with van der Waals surface area (Å²) in [5, 5.41) is 0. The third-order valence-corrected chi connectivity index (χ3v) is 3.27. The molecule has 1 saturated carbocycles. The Hall–Kier alpha value is -1.45. The molecule has 0 N–H and O–H groups in total. The minimum atomic E-state index is -0.763. The second-order valence-electron chi connectivity index (χ2n) is 4.55. The summed E-state index contributed by atoms with van der Waals surface area (Å²) < 4.78 is 18.6. The van der Waals surface area contributed by atoms with Crippen LogP contribution in [-0.4, -0.2) is 17.1 Å². The standard InChI is InChI=1S/C13H16FNO2/c1-9-5-2-3-7-11(9)17-13(16)10-6-4-8-15-12(10)14/h4,6,8-9,11H,2-3,5,7H2,1H3. The van der Waals surface area contributed by atoms with Gasteiger partial charge in [0.2, 0.25) is 5.95 Å². The van der Waals surface area contributed by atoms with E-state index in [4.69, 9.17) is 4.74 Å². The number of rotatable bonds is 2. The lowest BCUT2D eigenvalue weighted by Gasteiger charge is -2.28. The van der Waals surface area contributed by atoms with Gasteiger partial charge in [-0.3, -0.25) is 0 Å². The molecule has 1 aromatic rings. The molecule has 1 aromatic heterocycles. The molecule has 17 heavy (non-hydrogen) atoms. The van der Waals surface area contributed by atoms with E-state index in [2.05, 4.69) is 11.9 Å². The van der Waals surface area contributed by atoms with Crippen molar-refractivity contribution in [3.63, 3.8) is 0 Å². The highest BCUT2D eigenvalue weighted by Gasteiger charge is 2.26. The summed E-state index contributed by atoms with van der Waals surface area (Å²) >= 11 is 0. The van der Waals surface area contributed by atoms with E-state index in [1.165, 1.54) is 24.8 Å². The number of nitrogens with zero attached hydrogens (tertiary/aromatic N) is 1. The largest absolute Gasteiger partial charge is 0.458 e. The van der Waals surface area contributed by atoms with E-state index in [9.17, 15) is 9.18 Å². The minimum absolute atomic E-state index is 0.0785. The lowest BCUT2D eigenvalue weighted by molar-refractivity contribution is 0.00427. The van der Waals surface area contributed by atoms with Crippen LogP contribution in [0.5, 0.6) is 0 Å². The van der Waals surface area contributed by atoms with Crippen molar-refractivity contribution in [2.45, 2.75) is 38.7 Å². The predicted molar refractivity (Wildman–Crippen MR) is 61.0 cm³/mol. The molecular weight excluding hydrogens is 221 g/mol. The average molecular weight is 237 g/mol. The Morgan fingerprint density at radius 2 is 2.24 bits per heavy atom. The fourth-order valence-corrected chi connectivity index (χ4v) is 2.20. The Morgan fingerprint density at radius 1 is 1.47 bits per heavy atom. The molecule has 4 heteroatoms. The molecule has 92 valence electrons. The Labute approximate surface area is 100 Å². The van der Waals surface area contributed by atoms with Crippen molar-refractivity contribution in [1.29, 1.82) is 0 Å². The van der Waals surface area contributed by atoms with Crippen LogP contribution in [0.3, 0.4) is 0 Å². The maximum atomic E-state index is 13.3. The van der Waals surface area contributed by atoms with Gasteiger partial charge in [-0.25, -0.2) is 9.78 Å². The Balaban J connectivity index is 2.04. The summed E-state index contributed by atoms with van der Waals surface area (Å²) in [6, 6.07) is 2.93. The molecule has 0 aliphatic heterocycles. The van der Waals surface area contributed by atoms with E-state index in [0.717, 1.165) is 19.3 Å². The molecule has 1 fully saturated rings. The first-order chi connectivity index (χ1) is 8.18. The van der Waals surface area contributed by atoms with Crippen LogP contribution in [0.15, 0.2) is 18.3 Å². The summed E-state index contributed by atoms with van der Waals surface area (Å²) in [7, 11) is 0. The maximum absolute atomic E-state index is 13.3. The van der Waals surface area contributed by atoms with Gasteiger partial charge < -0.3 is 4.74 Å². The van der Waals surface area contributed by atoms with Crippen LogP contribution in [0.2, 0.25) is 0 Å². The lowest BCUT2D eigenvalue weighted by atomic mass is 9.88. The smallest absolute Gasteiger partial charge is 0.343 e. The second-order valence-corrected chi connectivity index (χ2v) is 4.55. The van der Waals surface area contributed by atoms with Crippen molar-refractivity contribution >= 4 is 5.97 Å². The van der Waals surface area contributed by atoms with Gasteiger partial charge in [0.15, 0.2) is 0 Å². The quantitative estimate of drug-likeness (QED) is 0.586. The van der Waals surface area contributed by atoms with E-state index in [-0.39, 0.29) is 11.7 Å². The third kappa shape index (κ3) is 2.81. The average Bonchev–Trinajstić information content (AvgIpc) is 2.32. The molecule has 0 amide bonds. The van der Waals surface area contributed by atoms with E-state index in [0.29, 0.717) is 5.92 Å². The molecular formula is C13H16FNO2. The highest BCUT2D eigenvalue weighted by atomic mass is 19.1. The molecule has 3 nitrogen and oxygen atoms in total. The fourth-order valence-electron chi connectivity index (χ4n) is 2.20. The highest BCUT2D eigenvalue weighted by molar-refractivity contribution is 5.89. The summed E-state index contributed by atoms with van der Waals surface area (Å²) in [4.78, 5) is 15.2. The first-order valence-electron chi connectivity index (χ1n) is 6.00. The number of hydrogen-bond acceptors (Lipinski definition) is 3. The van der Waals surface area contributed by atoms with Crippen LogP contribution in [0.1, 0.15) is 43.0 Å². The van der Waals surface area contributed by atoms with E-state index < -0.39 is 11.9 Å². The molecule has 0 saturated heterocycles. The highest BCUT2D eigenvalue weighted by Crippen LogP contribution is 2.27. The van der Waals surface area contributed by atoms with Crippen LogP contribution in [0, 0.1) is 11.9 Å².